The monoisotopic (exact) mass is 453 g/mol. The number of unbranched alkanes of at least 4 members (excludes halogenated alkanes) is 1. The van der Waals surface area contributed by atoms with Crippen LogP contribution >= 0.6 is 0 Å². The third kappa shape index (κ3) is 4.63. The third-order valence-corrected chi connectivity index (χ3v) is 5.48. The van der Waals surface area contributed by atoms with Gasteiger partial charge in [-0.2, -0.15) is 0 Å². The van der Waals surface area contributed by atoms with Gasteiger partial charge in [0.15, 0.2) is 0 Å². The van der Waals surface area contributed by atoms with Gasteiger partial charge < -0.3 is 15.7 Å². The topological polar surface area (TPSA) is 119 Å². The number of aliphatic hydroxyl groups is 1. The third-order valence-electron chi connectivity index (χ3n) is 5.48. The molecule has 2 aromatic rings. The molecule has 0 radical (unpaired) electrons. The molecule has 9 nitrogen and oxygen atoms in total. The summed E-state index contributed by atoms with van der Waals surface area (Å²) in [4.78, 5) is 43.2. The first-order valence-electron chi connectivity index (χ1n) is 11.3. The SMILES string of the molecule is C=C1NC(=O)C2=C(N1)N(c1ccc(CCO)cc1)c1[nH]c(=O)n(CCCC)c(=O)c1C2.CC. The van der Waals surface area contributed by atoms with E-state index in [1.165, 1.54) is 4.57 Å². The minimum absolute atomic E-state index is 0.0351. The summed E-state index contributed by atoms with van der Waals surface area (Å²) >= 11 is 0. The van der Waals surface area contributed by atoms with E-state index in [2.05, 4.69) is 22.2 Å². The number of anilines is 2. The van der Waals surface area contributed by atoms with Gasteiger partial charge in [0.1, 0.15) is 17.5 Å². The van der Waals surface area contributed by atoms with Gasteiger partial charge in [-0.15, -0.1) is 0 Å². The van der Waals surface area contributed by atoms with Gasteiger partial charge in [-0.05, 0) is 30.5 Å². The Hall–Kier alpha value is -3.59. The van der Waals surface area contributed by atoms with Crippen molar-refractivity contribution >= 4 is 17.4 Å². The van der Waals surface area contributed by atoms with Crippen LogP contribution in [0.3, 0.4) is 0 Å². The first-order chi connectivity index (χ1) is 15.9. The second-order valence-corrected chi connectivity index (χ2v) is 7.60. The number of hydrogen-bond acceptors (Lipinski definition) is 6. The van der Waals surface area contributed by atoms with Gasteiger partial charge in [0.05, 0.1) is 11.1 Å². The predicted molar refractivity (Wildman–Crippen MR) is 128 cm³/mol. The minimum Gasteiger partial charge on any atom is -0.396 e. The van der Waals surface area contributed by atoms with E-state index in [0.29, 0.717) is 53.7 Å². The summed E-state index contributed by atoms with van der Waals surface area (Å²) < 4.78 is 1.20. The number of carbonyl (C=O) groups is 1. The molecular formula is C24H31N5O4. The predicted octanol–water partition coefficient (Wildman–Crippen LogP) is 1.99. The maximum Gasteiger partial charge on any atom is 0.329 e. The van der Waals surface area contributed by atoms with Crippen LogP contribution in [0.25, 0.3) is 0 Å². The first-order valence-corrected chi connectivity index (χ1v) is 11.3. The van der Waals surface area contributed by atoms with Crippen molar-refractivity contribution in [1.29, 1.82) is 0 Å². The van der Waals surface area contributed by atoms with Crippen LogP contribution in [0.2, 0.25) is 0 Å². The molecule has 176 valence electrons. The van der Waals surface area contributed by atoms with Gasteiger partial charge in [0.25, 0.3) is 11.5 Å². The fourth-order valence-corrected chi connectivity index (χ4v) is 3.88. The highest BCUT2D eigenvalue weighted by molar-refractivity contribution is 5.99. The maximum absolute atomic E-state index is 13.2. The van der Waals surface area contributed by atoms with Crippen molar-refractivity contribution in [2.24, 2.45) is 0 Å². The zero-order chi connectivity index (χ0) is 24.1. The quantitative estimate of drug-likeness (QED) is 0.531. The second kappa shape index (κ2) is 10.4. The lowest BCUT2D eigenvalue weighted by Crippen LogP contribution is -2.49. The average Bonchev–Trinajstić information content (AvgIpc) is 2.80. The summed E-state index contributed by atoms with van der Waals surface area (Å²) in [5.74, 6) is 0.772. The molecular weight excluding hydrogens is 422 g/mol. The lowest BCUT2D eigenvalue weighted by Gasteiger charge is -2.37. The zero-order valence-corrected chi connectivity index (χ0v) is 19.3. The summed E-state index contributed by atoms with van der Waals surface area (Å²) in [6.07, 6.45) is 2.16. The molecule has 9 heteroatoms. The number of hydrogen-bond donors (Lipinski definition) is 4. The molecule has 2 aliphatic rings. The number of fused-ring (bicyclic) bond motifs is 1. The summed E-state index contributed by atoms with van der Waals surface area (Å²) in [6, 6.07) is 7.36. The van der Waals surface area contributed by atoms with Gasteiger partial charge >= 0.3 is 5.69 Å². The number of aromatic nitrogens is 2. The van der Waals surface area contributed by atoms with E-state index in [0.717, 1.165) is 12.0 Å². The van der Waals surface area contributed by atoms with E-state index in [1.807, 2.05) is 45.0 Å². The van der Waals surface area contributed by atoms with Gasteiger partial charge in [0.2, 0.25) is 0 Å². The molecule has 0 saturated carbocycles. The van der Waals surface area contributed by atoms with Gasteiger partial charge in [0, 0.05) is 25.3 Å². The van der Waals surface area contributed by atoms with E-state index in [1.54, 1.807) is 4.90 Å². The van der Waals surface area contributed by atoms with E-state index < -0.39 is 11.2 Å². The Kier molecular flexibility index (Phi) is 7.55. The number of amides is 1. The van der Waals surface area contributed by atoms with Gasteiger partial charge in [-0.25, -0.2) is 4.79 Å². The smallest absolute Gasteiger partial charge is 0.329 e. The van der Waals surface area contributed by atoms with Crippen molar-refractivity contribution in [1.82, 2.24) is 20.2 Å². The number of rotatable bonds is 6. The van der Waals surface area contributed by atoms with Crippen LogP contribution < -0.4 is 26.8 Å². The first kappa shape index (κ1) is 24.1. The number of aromatic amines is 1. The molecule has 0 aliphatic carbocycles. The standard InChI is InChI=1S/C22H25N5O4.C2H6/c1-3-4-10-26-21(30)17-12-16-18(23-13(2)24-20(16)29)27(19(17)25-22(26)31)15-7-5-14(6-8-15)9-11-28;1-2/h5-8,23,28H,2-4,9-12H2,1H3,(H,24,29)(H,25,31);1-2H3. The molecule has 3 heterocycles. The van der Waals surface area contributed by atoms with Crippen LogP contribution in [0.15, 0.2) is 57.6 Å². The number of nitrogens with zero attached hydrogens (tertiary/aromatic N) is 2. The van der Waals surface area contributed by atoms with Crippen molar-refractivity contribution in [3.8, 4) is 0 Å². The molecule has 0 fully saturated rings. The lowest BCUT2D eigenvalue weighted by molar-refractivity contribution is -0.117. The molecule has 0 bridgehead atoms. The normalized spacial score (nSPS) is 14.6. The molecule has 0 unspecified atom stereocenters. The van der Waals surface area contributed by atoms with E-state index in [9.17, 15) is 19.5 Å². The van der Waals surface area contributed by atoms with E-state index >= 15 is 0 Å². The summed E-state index contributed by atoms with van der Waals surface area (Å²) in [6.45, 7) is 10.1. The Bertz CT molecular complexity index is 1190. The molecule has 0 saturated heterocycles. The maximum atomic E-state index is 13.2. The van der Waals surface area contributed by atoms with Gasteiger partial charge in [-0.3, -0.25) is 24.0 Å². The number of H-pyrrole nitrogens is 1. The Labute approximate surface area is 192 Å². The van der Waals surface area contributed by atoms with Crippen molar-refractivity contribution in [3.63, 3.8) is 0 Å². The number of nitrogens with one attached hydrogen (secondary N) is 3. The van der Waals surface area contributed by atoms with Crippen molar-refractivity contribution in [2.45, 2.75) is 53.0 Å². The summed E-state index contributed by atoms with van der Waals surface area (Å²) in [5.41, 5.74) is 1.48. The summed E-state index contributed by atoms with van der Waals surface area (Å²) in [5, 5.41) is 14.9. The highest BCUT2D eigenvalue weighted by atomic mass is 16.3. The van der Waals surface area contributed by atoms with E-state index in [4.69, 9.17) is 0 Å². The molecule has 0 spiro atoms. The number of carbonyl (C=O) groups excluding carboxylic acids is 1. The largest absolute Gasteiger partial charge is 0.396 e. The highest BCUT2D eigenvalue weighted by Crippen LogP contribution is 2.36. The Balaban J connectivity index is 0.00000149. The van der Waals surface area contributed by atoms with Crippen LogP contribution in [-0.2, 0) is 24.2 Å². The molecule has 33 heavy (non-hydrogen) atoms. The molecule has 2 aliphatic heterocycles. The molecule has 1 amide bonds. The molecule has 1 aromatic carbocycles. The fraction of sp³-hybridized carbons (Fsp3) is 0.375. The van der Waals surface area contributed by atoms with Crippen LogP contribution in [0, 0.1) is 0 Å². The molecule has 4 rings (SSSR count). The minimum atomic E-state index is -0.484. The van der Waals surface area contributed by atoms with Gasteiger partial charge in [-0.1, -0.05) is 45.9 Å². The van der Waals surface area contributed by atoms with Crippen LogP contribution in [0.5, 0.6) is 0 Å². The Morgan fingerprint density at radius 2 is 1.79 bits per heavy atom. The zero-order valence-electron chi connectivity index (χ0n) is 19.3. The van der Waals surface area contributed by atoms with Crippen LogP contribution in [0.4, 0.5) is 11.5 Å². The average molecular weight is 454 g/mol. The summed E-state index contributed by atoms with van der Waals surface area (Å²) in [7, 11) is 0. The number of aliphatic hydroxyl groups excluding tert-OH is 1. The number of benzene rings is 1. The van der Waals surface area contributed by atoms with Crippen LogP contribution in [0.1, 0.15) is 44.7 Å². The fourth-order valence-electron chi connectivity index (χ4n) is 3.88. The molecule has 4 N–H and O–H groups in total. The highest BCUT2D eigenvalue weighted by Gasteiger charge is 2.36. The lowest BCUT2D eigenvalue weighted by atomic mass is 9.99. The Morgan fingerprint density at radius 3 is 2.42 bits per heavy atom. The van der Waals surface area contributed by atoms with E-state index in [-0.39, 0.29) is 18.9 Å². The molecule has 0 atom stereocenters. The Morgan fingerprint density at radius 1 is 1.09 bits per heavy atom. The molecule has 1 aromatic heterocycles. The van der Waals surface area contributed by atoms with Crippen LogP contribution in [-0.4, -0.2) is 27.2 Å². The van der Waals surface area contributed by atoms with Crippen molar-refractivity contribution in [3.05, 3.63) is 80.0 Å². The second-order valence-electron chi connectivity index (χ2n) is 7.60. The van der Waals surface area contributed by atoms with Crippen molar-refractivity contribution < 1.29 is 9.90 Å². The van der Waals surface area contributed by atoms with Crippen molar-refractivity contribution in [2.75, 3.05) is 11.5 Å².